The van der Waals surface area contributed by atoms with Gasteiger partial charge in [-0.2, -0.15) is 0 Å². The molecule has 2 aliphatic rings. The number of carbonyl (C=O) groups is 1. The first-order valence-electron chi connectivity index (χ1n) is 22.4. The first-order valence-corrected chi connectivity index (χ1v) is 22.4. The van der Waals surface area contributed by atoms with Gasteiger partial charge >= 0.3 is 5.97 Å². The topological polar surface area (TPSA) is 107 Å². The fraction of sp³-hybridized carbons (Fsp3) is 0.200. The number of nitrogens with zero attached hydrogens (tertiary/aromatic N) is 1. The molecule has 0 aliphatic carbocycles. The maximum absolute atomic E-state index is 16.1. The number of hydrogen-bond donors (Lipinski definition) is 4. The van der Waals surface area contributed by atoms with E-state index in [2.05, 4.69) is 19.9 Å². The van der Waals surface area contributed by atoms with Crippen molar-refractivity contribution in [2.75, 3.05) is 0 Å². The summed E-state index contributed by atoms with van der Waals surface area (Å²) in [6.45, 7) is 15.4. The smallest absolute Gasteiger partial charge is 0.339 e. The summed E-state index contributed by atoms with van der Waals surface area (Å²) < 4.78 is 161. The van der Waals surface area contributed by atoms with E-state index in [1.807, 2.05) is 67.5 Å². The van der Waals surface area contributed by atoms with Crippen LogP contribution in [0.5, 0.6) is 11.5 Å². The molecule has 6 heterocycles. The van der Waals surface area contributed by atoms with Crippen LogP contribution in [0.15, 0.2) is 60.7 Å². The number of carboxylic acid groups (broad SMARTS) is 1. The standard InChI is InChI=1S/C55H40F10N4O3/c1-53(2,3)21-17-23(50-25(19-21)55(7,8)26-20-22(54(4,5)6)18-24(52(70)71)51(26)72-50)35-29-13-15-33(68-29)36(38-40(56)44(60)48(64)45(61)41(38)57)31-11-9-27(66-31)28-10-12-32(67-28)37(34-16-14-30(35)69-34)39-42(58)46(62)49(65)47(63)43(39)59/h9-20,66,68-69H,1-8H3,(H,70,71). The summed E-state index contributed by atoms with van der Waals surface area (Å²) in [4.78, 5) is 26.7. The number of benzene rings is 4. The number of aromatic amines is 3. The van der Waals surface area contributed by atoms with Crippen LogP contribution in [-0.2, 0) is 16.2 Å². The molecule has 10 rings (SSSR count). The van der Waals surface area contributed by atoms with Crippen LogP contribution in [-0.4, -0.2) is 31.0 Å². The normalized spacial score (nSPS) is 13.7. The lowest BCUT2D eigenvalue weighted by Crippen LogP contribution is -2.28. The van der Waals surface area contributed by atoms with Crippen molar-refractivity contribution in [1.82, 2.24) is 19.9 Å². The highest BCUT2D eigenvalue weighted by molar-refractivity contribution is 6.02. The molecule has 8 aromatic rings. The highest BCUT2D eigenvalue weighted by atomic mass is 19.2. The van der Waals surface area contributed by atoms with Crippen LogP contribution in [0.1, 0.15) is 99.4 Å². The van der Waals surface area contributed by atoms with Gasteiger partial charge in [-0.25, -0.2) is 53.7 Å². The fourth-order valence-electron chi connectivity index (χ4n) is 9.48. The maximum atomic E-state index is 16.1. The van der Waals surface area contributed by atoms with Crippen molar-refractivity contribution in [1.29, 1.82) is 0 Å². The van der Waals surface area contributed by atoms with E-state index in [1.54, 1.807) is 6.07 Å². The van der Waals surface area contributed by atoms with E-state index in [4.69, 9.17) is 4.74 Å². The van der Waals surface area contributed by atoms with E-state index in [-0.39, 0.29) is 72.7 Å². The molecule has 0 spiro atoms. The Bertz CT molecular complexity index is 3830. The second-order valence-corrected chi connectivity index (χ2v) is 20.4. The Morgan fingerprint density at radius 1 is 0.486 bits per heavy atom. The second kappa shape index (κ2) is 16.1. The zero-order chi connectivity index (χ0) is 52.0. The number of aromatic carboxylic acids is 1. The van der Waals surface area contributed by atoms with E-state index in [9.17, 15) is 18.7 Å². The zero-order valence-electron chi connectivity index (χ0n) is 39.4. The highest BCUT2D eigenvalue weighted by Crippen LogP contribution is 2.55. The Labute approximate surface area is 403 Å². The number of halogens is 10. The molecule has 7 nitrogen and oxygen atoms in total. The van der Waals surface area contributed by atoms with Crippen molar-refractivity contribution in [3.63, 3.8) is 0 Å². The SMILES string of the molecule is CC(C)(C)c1cc(C(=O)O)c2c(c1)C(C)(C)c1cc(C(C)(C)C)cc(-c3c4ccc([nH]4)c(-c4c(F)c(F)c(F)c(F)c4F)c4nc(c5ccc([nH]5)c(-c5c(F)c(F)c(F)c(F)c5F)c5ccc3[nH]5)C=C4)c1O2. The molecule has 2 aliphatic heterocycles. The molecular weight excluding hydrogens is 955 g/mol. The van der Waals surface area contributed by atoms with E-state index < -0.39 is 103 Å². The summed E-state index contributed by atoms with van der Waals surface area (Å²) in [5.74, 6) is -23.5. The monoisotopic (exact) mass is 994 g/mol. The van der Waals surface area contributed by atoms with Gasteiger partial charge in [0.15, 0.2) is 46.5 Å². The summed E-state index contributed by atoms with van der Waals surface area (Å²) in [5.41, 5.74) is -4.02. The van der Waals surface area contributed by atoms with Crippen LogP contribution in [0.3, 0.4) is 0 Å². The van der Waals surface area contributed by atoms with Gasteiger partial charge in [-0.15, -0.1) is 0 Å². The Hall–Kier alpha value is -7.82. The average Bonchev–Trinajstić information content (AvgIpc) is 4.17. The predicted octanol–water partition coefficient (Wildman–Crippen LogP) is 15.8. The van der Waals surface area contributed by atoms with Gasteiger partial charge in [0.2, 0.25) is 11.6 Å². The van der Waals surface area contributed by atoms with Gasteiger partial charge in [-0.05, 0) is 82.6 Å². The largest absolute Gasteiger partial charge is 0.478 e. The molecule has 0 saturated carbocycles. The van der Waals surface area contributed by atoms with Crippen LogP contribution in [0.25, 0.3) is 78.6 Å². The van der Waals surface area contributed by atoms with Crippen molar-refractivity contribution in [3.8, 4) is 44.9 Å². The minimum atomic E-state index is -2.40. The maximum Gasteiger partial charge on any atom is 0.339 e. The number of ether oxygens (including phenoxy) is 1. The van der Waals surface area contributed by atoms with Gasteiger partial charge in [0, 0.05) is 66.4 Å². The zero-order valence-corrected chi connectivity index (χ0v) is 39.4. The number of carboxylic acids is 1. The number of aromatic nitrogens is 4. The van der Waals surface area contributed by atoms with Gasteiger partial charge < -0.3 is 24.8 Å². The Balaban J connectivity index is 1.43. The molecule has 368 valence electrons. The summed E-state index contributed by atoms with van der Waals surface area (Å²) in [7, 11) is 0. The second-order valence-electron chi connectivity index (χ2n) is 20.4. The van der Waals surface area contributed by atoms with Gasteiger partial charge in [0.1, 0.15) is 17.1 Å². The molecule has 17 heteroatoms. The molecule has 0 unspecified atom stereocenters. The number of fused-ring (bicyclic) bond motifs is 11. The Morgan fingerprint density at radius 3 is 1.33 bits per heavy atom. The third-order valence-electron chi connectivity index (χ3n) is 13.5. The third-order valence-corrected chi connectivity index (χ3v) is 13.5. The van der Waals surface area contributed by atoms with Crippen LogP contribution in [0.4, 0.5) is 43.9 Å². The van der Waals surface area contributed by atoms with Gasteiger partial charge in [-0.1, -0.05) is 67.5 Å². The van der Waals surface area contributed by atoms with Crippen molar-refractivity contribution >= 4 is 51.2 Å². The Morgan fingerprint density at radius 2 is 0.861 bits per heavy atom. The summed E-state index contributed by atoms with van der Waals surface area (Å²) in [6, 6.07) is 15.2. The predicted molar refractivity (Wildman–Crippen MR) is 254 cm³/mol. The molecule has 72 heavy (non-hydrogen) atoms. The minimum absolute atomic E-state index is 0.0133. The Kier molecular flexibility index (Phi) is 10.7. The van der Waals surface area contributed by atoms with Crippen molar-refractivity contribution in [2.24, 2.45) is 0 Å². The minimum Gasteiger partial charge on any atom is -0.478 e. The van der Waals surface area contributed by atoms with E-state index in [0.717, 1.165) is 0 Å². The average molecular weight is 995 g/mol. The van der Waals surface area contributed by atoms with Crippen LogP contribution in [0, 0.1) is 58.2 Å². The summed E-state index contributed by atoms with van der Waals surface area (Å²) in [5, 5.41) is 10.7. The highest BCUT2D eigenvalue weighted by Gasteiger charge is 2.41. The molecule has 0 amide bonds. The summed E-state index contributed by atoms with van der Waals surface area (Å²) >= 11 is 0. The number of rotatable bonds is 4. The lowest BCUT2D eigenvalue weighted by molar-refractivity contribution is 0.0693. The molecule has 0 atom stereocenters. The quantitative estimate of drug-likeness (QED) is 0.0800. The lowest BCUT2D eigenvalue weighted by atomic mass is 9.70. The lowest BCUT2D eigenvalue weighted by Gasteiger charge is -2.38. The first kappa shape index (κ1) is 47.8. The van der Waals surface area contributed by atoms with Gasteiger partial charge in [0.05, 0.1) is 28.0 Å². The third kappa shape index (κ3) is 7.17. The molecule has 4 aromatic heterocycles. The molecule has 0 saturated heterocycles. The van der Waals surface area contributed by atoms with Gasteiger partial charge in [-0.3, -0.25) is 0 Å². The van der Waals surface area contributed by atoms with E-state index in [1.165, 1.54) is 54.6 Å². The molecule has 0 radical (unpaired) electrons. The first-order chi connectivity index (χ1) is 33.7. The van der Waals surface area contributed by atoms with E-state index in [0.29, 0.717) is 22.3 Å². The number of hydrogen-bond acceptors (Lipinski definition) is 3. The van der Waals surface area contributed by atoms with Crippen molar-refractivity contribution < 1.29 is 58.5 Å². The fourth-order valence-corrected chi connectivity index (χ4v) is 9.48. The van der Waals surface area contributed by atoms with Crippen molar-refractivity contribution in [3.05, 3.63) is 158 Å². The van der Waals surface area contributed by atoms with Crippen LogP contribution in [0.2, 0.25) is 0 Å². The van der Waals surface area contributed by atoms with E-state index >= 15 is 35.1 Å². The van der Waals surface area contributed by atoms with Gasteiger partial charge in [0.25, 0.3) is 0 Å². The van der Waals surface area contributed by atoms with Crippen molar-refractivity contribution in [2.45, 2.75) is 71.6 Å². The van der Waals surface area contributed by atoms with Crippen LogP contribution < -0.4 is 4.74 Å². The van der Waals surface area contributed by atoms with Crippen LogP contribution >= 0.6 is 0 Å². The molecule has 0 fully saturated rings. The molecular formula is C55H40F10N4O3. The number of nitrogens with one attached hydrogen (secondary N) is 3. The molecule has 8 bridgehead atoms. The summed E-state index contributed by atoms with van der Waals surface area (Å²) in [6.07, 6.45) is 2.54. The number of H-pyrrole nitrogens is 3. The molecule has 4 N–H and O–H groups in total. The molecule has 4 aromatic carbocycles.